The lowest BCUT2D eigenvalue weighted by Gasteiger charge is -2.30. The number of likely N-dealkylation sites (tertiary alicyclic amines) is 1. The molecule has 1 saturated heterocycles. The number of aryl methyl sites for hydroxylation is 1. The Kier molecular flexibility index (Phi) is 7.28. The molecule has 7 heteroatoms. The lowest BCUT2D eigenvalue weighted by Crippen LogP contribution is -2.48. The van der Waals surface area contributed by atoms with E-state index >= 15 is 0 Å². The van der Waals surface area contributed by atoms with Crippen LogP contribution in [-0.2, 0) is 11.2 Å². The normalized spacial score (nSPS) is 27.0. The first-order valence-corrected chi connectivity index (χ1v) is 8.66. The van der Waals surface area contributed by atoms with E-state index in [-0.39, 0.29) is 18.9 Å². The van der Waals surface area contributed by atoms with E-state index in [4.69, 9.17) is 0 Å². The molecule has 0 bridgehead atoms. The van der Waals surface area contributed by atoms with Gasteiger partial charge in [0.25, 0.3) is 6.43 Å². The molecule has 140 valence electrons. The van der Waals surface area contributed by atoms with E-state index in [0.29, 0.717) is 19.4 Å². The van der Waals surface area contributed by atoms with Crippen molar-refractivity contribution in [2.24, 2.45) is 0 Å². The highest BCUT2D eigenvalue weighted by Gasteiger charge is 2.51. The number of nitrogens with zero attached hydrogens (tertiary/aromatic N) is 1. The van der Waals surface area contributed by atoms with Crippen molar-refractivity contribution in [1.29, 1.82) is 0 Å². The number of hydrogen-bond acceptors (Lipinski definition) is 4. The standard InChI is InChI=1S/C18H26F2N2O3/c1-2-14(23)21-11-13-16(24)17(25)15(18(19)20)22(13)10-6-9-12-7-4-3-5-8-12/h3-5,7-8,13,15-18,24-25H,2,6,9-11H2,1H3,(H,21,23). The summed E-state index contributed by atoms with van der Waals surface area (Å²) in [7, 11) is 0. The molecular weight excluding hydrogens is 330 g/mol. The van der Waals surface area contributed by atoms with Crippen molar-refractivity contribution in [1.82, 2.24) is 10.2 Å². The largest absolute Gasteiger partial charge is 0.389 e. The summed E-state index contributed by atoms with van der Waals surface area (Å²) >= 11 is 0. The molecule has 0 aromatic heterocycles. The maximum atomic E-state index is 13.4. The van der Waals surface area contributed by atoms with E-state index in [1.165, 1.54) is 4.90 Å². The quantitative estimate of drug-likeness (QED) is 0.654. The van der Waals surface area contributed by atoms with Crippen LogP contribution in [0, 0.1) is 0 Å². The SMILES string of the molecule is CCC(=O)NCC1C(O)C(O)C(C(F)F)N1CCCc1ccccc1. The molecule has 5 nitrogen and oxygen atoms in total. The zero-order chi connectivity index (χ0) is 18.4. The molecule has 1 aliphatic rings. The van der Waals surface area contributed by atoms with Crippen LogP contribution in [0.2, 0.25) is 0 Å². The first kappa shape index (κ1) is 19.8. The monoisotopic (exact) mass is 356 g/mol. The number of carbonyl (C=O) groups is 1. The Balaban J connectivity index is 2.02. The molecule has 1 heterocycles. The molecule has 1 aromatic carbocycles. The number of carbonyl (C=O) groups excluding carboxylic acids is 1. The van der Waals surface area contributed by atoms with Crippen LogP contribution in [0.5, 0.6) is 0 Å². The van der Waals surface area contributed by atoms with Gasteiger partial charge in [-0.2, -0.15) is 0 Å². The predicted octanol–water partition coefficient (Wildman–Crippen LogP) is 1.19. The predicted molar refractivity (Wildman–Crippen MR) is 90.4 cm³/mol. The van der Waals surface area contributed by atoms with Crippen molar-refractivity contribution < 1.29 is 23.8 Å². The Labute approximate surface area is 146 Å². The molecule has 1 aliphatic heterocycles. The Morgan fingerprint density at radius 1 is 1.24 bits per heavy atom. The maximum absolute atomic E-state index is 13.4. The average molecular weight is 356 g/mol. The molecular formula is C18H26F2N2O3. The van der Waals surface area contributed by atoms with Gasteiger partial charge in [0.2, 0.25) is 5.91 Å². The van der Waals surface area contributed by atoms with E-state index in [1.807, 2.05) is 30.3 Å². The van der Waals surface area contributed by atoms with Crippen LogP contribution in [0.3, 0.4) is 0 Å². The fraction of sp³-hybridized carbons (Fsp3) is 0.611. The second-order valence-corrected chi connectivity index (χ2v) is 6.36. The molecule has 0 spiro atoms. The average Bonchev–Trinajstić information content (AvgIpc) is 2.84. The molecule has 2 rings (SSSR count). The molecule has 3 N–H and O–H groups in total. The lowest BCUT2D eigenvalue weighted by molar-refractivity contribution is -0.121. The van der Waals surface area contributed by atoms with Gasteiger partial charge < -0.3 is 15.5 Å². The second-order valence-electron chi connectivity index (χ2n) is 6.36. The van der Waals surface area contributed by atoms with Crippen molar-refractivity contribution in [3.8, 4) is 0 Å². The first-order valence-electron chi connectivity index (χ1n) is 8.66. The van der Waals surface area contributed by atoms with Crippen LogP contribution in [0.4, 0.5) is 8.78 Å². The van der Waals surface area contributed by atoms with Crippen LogP contribution < -0.4 is 5.32 Å². The molecule has 25 heavy (non-hydrogen) atoms. The number of aliphatic hydroxyl groups excluding tert-OH is 2. The second kappa shape index (κ2) is 9.22. The van der Waals surface area contributed by atoms with Gasteiger partial charge in [0.05, 0.1) is 12.1 Å². The van der Waals surface area contributed by atoms with Gasteiger partial charge in [0.1, 0.15) is 12.1 Å². The molecule has 1 amide bonds. The fourth-order valence-corrected chi connectivity index (χ4v) is 3.34. The summed E-state index contributed by atoms with van der Waals surface area (Å²) in [6.45, 7) is 2.04. The molecule has 1 fully saturated rings. The summed E-state index contributed by atoms with van der Waals surface area (Å²) in [5.41, 5.74) is 1.10. The summed E-state index contributed by atoms with van der Waals surface area (Å²) in [4.78, 5) is 12.9. The van der Waals surface area contributed by atoms with Gasteiger partial charge in [-0.05, 0) is 24.9 Å². The van der Waals surface area contributed by atoms with Gasteiger partial charge in [-0.25, -0.2) is 8.78 Å². The molecule has 0 radical (unpaired) electrons. The van der Waals surface area contributed by atoms with Crippen molar-refractivity contribution in [3.63, 3.8) is 0 Å². The minimum absolute atomic E-state index is 0.0411. The summed E-state index contributed by atoms with van der Waals surface area (Å²) in [6.07, 6.45) is -4.00. The molecule has 1 aromatic rings. The number of benzene rings is 1. The minimum Gasteiger partial charge on any atom is -0.389 e. The molecule has 0 saturated carbocycles. The van der Waals surface area contributed by atoms with Crippen molar-refractivity contribution in [3.05, 3.63) is 35.9 Å². The Bertz CT molecular complexity index is 544. The third-order valence-corrected chi connectivity index (χ3v) is 4.72. The summed E-state index contributed by atoms with van der Waals surface area (Å²) in [6, 6.07) is 7.55. The van der Waals surface area contributed by atoms with Crippen molar-refractivity contribution in [2.45, 2.75) is 56.9 Å². The van der Waals surface area contributed by atoms with Gasteiger partial charge in [-0.1, -0.05) is 37.3 Å². The zero-order valence-electron chi connectivity index (χ0n) is 14.3. The first-order chi connectivity index (χ1) is 12.0. The third kappa shape index (κ3) is 4.96. The Morgan fingerprint density at radius 3 is 2.52 bits per heavy atom. The Hall–Kier alpha value is -1.57. The number of rotatable bonds is 8. The molecule has 4 atom stereocenters. The van der Waals surface area contributed by atoms with Gasteiger partial charge in [0, 0.05) is 13.0 Å². The van der Waals surface area contributed by atoms with E-state index in [2.05, 4.69) is 5.32 Å². The van der Waals surface area contributed by atoms with E-state index in [0.717, 1.165) is 5.56 Å². The topological polar surface area (TPSA) is 72.8 Å². The van der Waals surface area contributed by atoms with Crippen molar-refractivity contribution >= 4 is 5.91 Å². The number of nitrogens with one attached hydrogen (secondary N) is 1. The summed E-state index contributed by atoms with van der Waals surface area (Å²) in [5, 5.41) is 22.8. The van der Waals surface area contributed by atoms with Crippen LogP contribution >= 0.6 is 0 Å². The number of halogens is 2. The van der Waals surface area contributed by atoms with Crippen LogP contribution in [0.1, 0.15) is 25.3 Å². The number of aliphatic hydroxyl groups is 2. The minimum atomic E-state index is -2.77. The highest BCUT2D eigenvalue weighted by Crippen LogP contribution is 2.29. The van der Waals surface area contributed by atoms with E-state index < -0.39 is 30.7 Å². The molecule has 0 aliphatic carbocycles. The summed E-state index contributed by atoms with van der Waals surface area (Å²) in [5.74, 6) is -0.216. The van der Waals surface area contributed by atoms with Gasteiger partial charge in [0.15, 0.2) is 0 Å². The molecule has 4 unspecified atom stereocenters. The van der Waals surface area contributed by atoms with Crippen LogP contribution in [0.15, 0.2) is 30.3 Å². The summed E-state index contributed by atoms with van der Waals surface area (Å²) < 4.78 is 26.8. The van der Waals surface area contributed by atoms with Crippen molar-refractivity contribution in [2.75, 3.05) is 13.1 Å². The van der Waals surface area contributed by atoms with Crippen LogP contribution in [0.25, 0.3) is 0 Å². The Morgan fingerprint density at radius 2 is 1.92 bits per heavy atom. The van der Waals surface area contributed by atoms with E-state index in [1.54, 1.807) is 6.92 Å². The van der Waals surface area contributed by atoms with Crippen LogP contribution in [-0.4, -0.2) is 64.8 Å². The van der Waals surface area contributed by atoms with Gasteiger partial charge in [-0.3, -0.25) is 9.69 Å². The highest BCUT2D eigenvalue weighted by molar-refractivity contribution is 5.75. The van der Waals surface area contributed by atoms with Gasteiger partial charge in [-0.15, -0.1) is 0 Å². The number of amides is 1. The van der Waals surface area contributed by atoms with Gasteiger partial charge >= 0.3 is 0 Å². The fourth-order valence-electron chi connectivity index (χ4n) is 3.34. The smallest absolute Gasteiger partial charge is 0.256 e. The van der Waals surface area contributed by atoms with E-state index in [9.17, 15) is 23.8 Å². The lowest BCUT2D eigenvalue weighted by atomic mass is 10.1. The maximum Gasteiger partial charge on any atom is 0.256 e. The zero-order valence-corrected chi connectivity index (χ0v) is 14.3. The highest BCUT2D eigenvalue weighted by atomic mass is 19.3. The number of alkyl halides is 2. The third-order valence-electron chi connectivity index (χ3n) is 4.72. The number of hydrogen-bond donors (Lipinski definition) is 3.